The topological polar surface area (TPSA) is 130 Å². The number of hydrogen-bond donors (Lipinski definition) is 4. The van der Waals surface area contributed by atoms with Crippen molar-refractivity contribution >= 4 is 17.8 Å². The van der Waals surface area contributed by atoms with E-state index in [0.29, 0.717) is 16.9 Å². The average Bonchev–Trinajstić information content (AvgIpc) is 3.58. The summed E-state index contributed by atoms with van der Waals surface area (Å²) in [5.74, 6) is -2.94. The number of amides is 2. The molecule has 2 fully saturated rings. The summed E-state index contributed by atoms with van der Waals surface area (Å²) in [5.41, 5.74) is 0.723. The highest BCUT2D eigenvalue weighted by Crippen LogP contribution is 2.43. The highest BCUT2D eigenvalue weighted by Gasteiger charge is 2.40. The second kappa shape index (κ2) is 12.2. The van der Waals surface area contributed by atoms with Crippen LogP contribution in [0.5, 0.6) is 0 Å². The molecule has 3 unspecified atom stereocenters. The van der Waals surface area contributed by atoms with Crippen molar-refractivity contribution < 1.29 is 41.4 Å². The number of hydrogen-bond acceptors (Lipinski definition) is 6. The maximum absolute atomic E-state index is 13.9. The van der Waals surface area contributed by atoms with E-state index in [1.165, 1.54) is 4.52 Å². The Balaban J connectivity index is 1.56. The van der Waals surface area contributed by atoms with Crippen LogP contribution in [0.4, 0.5) is 31.5 Å². The zero-order valence-corrected chi connectivity index (χ0v) is 23.7. The Kier molecular flexibility index (Phi) is 9.19. The molecule has 4 rings (SSSR count). The molecule has 10 nitrogen and oxygen atoms in total. The first-order valence-corrected chi connectivity index (χ1v) is 14.0. The smallest absolute Gasteiger partial charge is 0.408 e. The Morgan fingerprint density at radius 1 is 1.10 bits per heavy atom. The lowest BCUT2D eigenvalue weighted by Gasteiger charge is -2.33. The molecule has 0 radical (unpaired) electrons. The number of ether oxygens (including phenoxy) is 1. The van der Waals surface area contributed by atoms with Gasteiger partial charge in [0.15, 0.2) is 5.65 Å². The van der Waals surface area contributed by atoms with E-state index in [1.54, 1.807) is 39.2 Å². The summed E-state index contributed by atoms with van der Waals surface area (Å²) >= 11 is 0. The van der Waals surface area contributed by atoms with E-state index >= 15 is 0 Å². The molecule has 0 aromatic carbocycles. The second-order valence-electron chi connectivity index (χ2n) is 12.3. The fourth-order valence-electron chi connectivity index (χ4n) is 5.38. The predicted octanol–water partition coefficient (Wildman–Crippen LogP) is 5.75. The van der Waals surface area contributed by atoms with E-state index in [4.69, 9.17) is 9.84 Å². The standard InChI is InChI=1S/C27H37F5N6O4/c1-25(2,3)42-24(41)37-22(16-6-8-26(28,29)9-7-16)19-14-38-20(36-19)10-17(12-34-38)21(15-4-5-15)33-13-18(35-23(39)40)11-27(30,31)32/h10,12,14-16,18,21-22,33,35H,4-9,11,13H2,1-3H3,(H,37,41)(H,39,40). The van der Waals surface area contributed by atoms with Crippen LogP contribution >= 0.6 is 0 Å². The molecule has 4 N–H and O–H groups in total. The maximum atomic E-state index is 13.9. The van der Waals surface area contributed by atoms with Gasteiger partial charge in [-0.2, -0.15) is 18.3 Å². The SMILES string of the molecule is CC(C)(C)OC(=O)NC(c1cn2ncc(C(NCC(CC(F)(F)F)NC(=O)O)C3CC3)cc2n1)C1CCC(F)(F)CC1. The Morgan fingerprint density at radius 2 is 1.74 bits per heavy atom. The van der Waals surface area contributed by atoms with Gasteiger partial charge in [-0.25, -0.2) is 27.9 Å². The van der Waals surface area contributed by atoms with Crippen LogP contribution in [0.15, 0.2) is 18.5 Å². The van der Waals surface area contributed by atoms with E-state index in [1.807, 2.05) is 5.32 Å². The summed E-state index contributed by atoms with van der Waals surface area (Å²) in [6, 6.07) is -0.731. The van der Waals surface area contributed by atoms with Crippen molar-refractivity contribution in [1.29, 1.82) is 0 Å². The number of carboxylic acid groups (broad SMARTS) is 1. The van der Waals surface area contributed by atoms with Crippen molar-refractivity contribution in [2.24, 2.45) is 11.8 Å². The van der Waals surface area contributed by atoms with Crippen LogP contribution in [-0.4, -0.2) is 62.2 Å². The van der Waals surface area contributed by atoms with E-state index in [2.05, 4.69) is 20.7 Å². The highest BCUT2D eigenvalue weighted by molar-refractivity contribution is 5.68. The van der Waals surface area contributed by atoms with Gasteiger partial charge in [-0.3, -0.25) is 0 Å². The van der Waals surface area contributed by atoms with E-state index in [9.17, 15) is 31.5 Å². The van der Waals surface area contributed by atoms with Gasteiger partial charge in [-0.05, 0) is 69.9 Å². The first-order valence-electron chi connectivity index (χ1n) is 14.0. The quantitative estimate of drug-likeness (QED) is 0.254. The van der Waals surface area contributed by atoms with Crippen LogP contribution in [0, 0.1) is 11.8 Å². The summed E-state index contributed by atoms with van der Waals surface area (Å²) in [5, 5.41) is 21.2. The number of carbonyl (C=O) groups is 2. The Morgan fingerprint density at radius 3 is 2.31 bits per heavy atom. The van der Waals surface area contributed by atoms with Crippen molar-refractivity contribution in [1.82, 2.24) is 30.5 Å². The third-order valence-corrected chi connectivity index (χ3v) is 7.43. The van der Waals surface area contributed by atoms with Crippen LogP contribution in [0.25, 0.3) is 5.65 Å². The number of nitrogens with zero attached hydrogens (tertiary/aromatic N) is 3. The predicted molar refractivity (Wildman–Crippen MR) is 141 cm³/mol. The Labute approximate surface area is 239 Å². The average molecular weight is 605 g/mol. The van der Waals surface area contributed by atoms with Crippen LogP contribution in [0.1, 0.15) is 89.1 Å². The number of halogens is 5. The Hall–Kier alpha value is -3.23. The molecule has 2 aliphatic carbocycles. The third kappa shape index (κ3) is 9.13. The van der Waals surface area contributed by atoms with Crippen LogP contribution in [-0.2, 0) is 4.74 Å². The molecule has 0 aliphatic heterocycles. The van der Waals surface area contributed by atoms with Crippen molar-refractivity contribution in [3.05, 3.63) is 29.7 Å². The van der Waals surface area contributed by atoms with Gasteiger partial charge in [0.25, 0.3) is 0 Å². The summed E-state index contributed by atoms with van der Waals surface area (Å²) in [4.78, 5) is 28.4. The number of aromatic nitrogens is 3. The number of imidazole rings is 1. The fourth-order valence-corrected chi connectivity index (χ4v) is 5.38. The molecule has 234 valence electrons. The molecule has 0 saturated heterocycles. The van der Waals surface area contributed by atoms with Gasteiger partial charge in [0.1, 0.15) is 5.60 Å². The number of alkyl halides is 5. The molecule has 2 saturated carbocycles. The number of carbonyl (C=O) groups excluding carboxylic acids is 1. The second-order valence-corrected chi connectivity index (χ2v) is 12.3. The van der Waals surface area contributed by atoms with Gasteiger partial charge < -0.3 is 25.8 Å². The van der Waals surface area contributed by atoms with E-state index in [-0.39, 0.29) is 50.1 Å². The number of nitrogens with one attached hydrogen (secondary N) is 3. The molecule has 0 spiro atoms. The monoisotopic (exact) mass is 604 g/mol. The molecule has 2 aromatic heterocycles. The number of fused-ring (bicyclic) bond motifs is 1. The minimum atomic E-state index is -4.55. The highest BCUT2D eigenvalue weighted by atomic mass is 19.4. The molecular formula is C27H37F5N6O4. The lowest BCUT2D eigenvalue weighted by atomic mass is 9.81. The molecule has 2 amide bonds. The zero-order chi connectivity index (χ0) is 30.9. The molecular weight excluding hydrogens is 567 g/mol. The minimum Gasteiger partial charge on any atom is -0.465 e. The molecule has 3 atom stereocenters. The summed E-state index contributed by atoms with van der Waals surface area (Å²) in [7, 11) is 0. The van der Waals surface area contributed by atoms with E-state index < -0.39 is 48.4 Å². The van der Waals surface area contributed by atoms with Crippen molar-refractivity contribution in [2.45, 2.75) is 102 Å². The van der Waals surface area contributed by atoms with Crippen molar-refractivity contribution in [2.75, 3.05) is 6.54 Å². The molecule has 42 heavy (non-hydrogen) atoms. The van der Waals surface area contributed by atoms with E-state index in [0.717, 1.165) is 12.8 Å². The number of rotatable bonds is 10. The van der Waals surface area contributed by atoms with Crippen LogP contribution < -0.4 is 16.0 Å². The molecule has 2 aliphatic rings. The van der Waals surface area contributed by atoms with Gasteiger partial charge in [0, 0.05) is 25.4 Å². The summed E-state index contributed by atoms with van der Waals surface area (Å²) in [6.45, 7) is 4.90. The van der Waals surface area contributed by atoms with Gasteiger partial charge >= 0.3 is 18.4 Å². The number of alkyl carbamates (subject to hydrolysis) is 1. The van der Waals surface area contributed by atoms with Gasteiger partial charge in [0.2, 0.25) is 5.92 Å². The molecule has 2 aromatic rings. The summed E-state index contributed by atoms with van der Waals surface area (Å²) < 4.78 is 73.7. The first-order chi connectivity index (χ1) is 19.5. The molecule has 2 heterocycles. The maximum Gasteiger partial charge on any atom is 0.408 e. The lowest BCUT2D eigenvalue weighted by Crippen LogP contribution is -2.45. The van der Waals surface area contributed by atoms with Gasteiger partial charge in [0.05, 0.1) is 36.6 Å². The van der Waals surface area contributed by atoms with Crippen molar-refractivity contribution in [3.8, 4) is 0 Å². The summed E-state index contributed by atoms with van der Waals surface area (Å²) in [6.07, 6.45) is -3.50. The van der Waals surface area contributed by atoms with Crippen LogP contribution in [0.2, 0.25) is 0 Å². The largest absolute Gasteiger partial charge is 0.465 e. The fraction of sp³-hybridized carbons (Fsp3) is 0.704. The normalized spacial score (nSPS) is 20.1. The van der Waals surface area contributed by atoms with Gasteiger partial charge in [-0.1, -0.05) is 0 Å². The van der Waals surface area contributed by atoms with Gasteiger partial charge in [-0.15, -0.1) is 0 Å². The molecule has 0 bridgehead atoms. The van der Waals surface area contributed by atoms with Crippen LogP contribution in [0.3, 0.4) is 0 Å². The Bertz CT molecular complexity index is 1250. The third-order valence-electron chi connectivity index (χ3n) is 7.43. The zero-order valence-electron chi connectivity index (χ0n) is 23.7. The molecule has 15 heteroatoms. The minimum absolute atomic E-state index is 0.130. The lowest BCUT2D eigenvalue weighted by molar-refractivity contribution is -0.139. The first kappa shape index (κ1) is 31.7. The van der Waals surface area contributed by atoms with Crippen molar-refractivity contribution in [3.63, 3.8) is 0 Å².